The molecular formula is C18H22BrNO. The minimum absolute atomic E-state index is 0.824. The molecule has 0 atom stereocenters. The van der Waals surface area contributed by atoms with Gasteiger partial charge in [-0.15, -0.1) is 0 Å². The molecule has 0 amide bonds. The molecule has 0 saturated carbocycles. The number of ether oxygens (including phenoxy) is 1. The topological polar surface area (TPSA) is 21.3 Å². The molecule has 0 aliphatic heterocycles. The largest absolute Gasteiger partial charge is 0.457 e. The molecule has 2 rings (SSSR count). The molecule has 2 nitrogen and oxygen atoms in total. The lowest BCUT2D eigenvalue weighted by Gasteiger charge is -2.14. The Morgan fingerprint density at radius 1 is 1.00 bits per heavy atom. The van der Waals surface area contributed by atoms with Crippen LogP contribution in [0.4, 0.5) is 0 Å². The van der Waals surface area contributed by atoms with E-state index in [2.05, 4.69) is 59.4 Å². The molecule has 2 aromatic rings. The van der Waals surface area contributed by atoms with Gasteiger partial charge in [-0.25, -0.2) is 0 Å². The van der Waals surface area contributed by atoms with E-state index in [1.54, 1.807) is 0 Å². The molecule has 2 aromatic carbocycles. The van der Waals surface area contributed by atoms with Gasteiger partial charge in [-0.3, -0.25) is 0 Å². The van der Waals surface area contributed by atoms with Crippen LogP contribution in [-0.2, 0) is 13.0 Å². The molecule has 1 N–H and O–H groups in total. The average molecular weight is 348 g/mol. The van der Waals surface area contributed by atoms with Crippen molar-refractivity contribution in [2.24, 2.45) is 0 Å². The molecule has 0 radical (unpaired) electrons. The van der Waals surface area contributed by atoms with Crippen molar-refractivity contribution in [2.45, 2.75) is 33.2 Å². The van der Waals surface area contributed by atoms with Crippen LogP contribution in [0.25, 0.3) is 0 Å². The van der Waals surface area contributed by atoms with Gasteiger partial charge in [-0.1, -0.05) is 54.0 Å². The molecule has 3 heteroatoms. The van der Waals surface area contributed by atoms with Gasteiger partial charge in [-0.2, -0.15) is 0 Å². The lowest BCUT2D eigenvalue weighted by atomic mass is 10.1. The summed E-state index contributed by atoms with van der Waals surface area (Å²) < 4.78 is 7.21. The molecule has 112 valence electrons. The van der Waals surface area contributed by atoms with Crippen LogP contribution in [0.5, 0.6) is 11.5 Å². The fourth-order valence-electron chi connectivity index (χ4n) is 2.18. The van der Waals surface area contributed by atoms with Gasteiger partial charge in [-0.05, 0) is 43.1 Å². The summed E-state index contributed by atoms with van der Waals surface area (Å²) in [5.74, 6) is 1.85. The summed E-state index contributed by atoms with van der Waals surface area (Å²) in [4.78, 5) is 0. The molecule has 0 aromatic heterocycles. The maximum atomic E-state index is 6.17. The normalized spacial score (nSPS) is 10.6. The summed E-state index contributed by atoms with van der Waals surface area (Å²) in [5.41, 5.74) is 2.41. The van der Waals surface area contributed by atoms with Crippen molar-refractivity contribution in [1.29, 1.82) is 0 Å². The van der Waals surface area contributed by atoms with Crippen molar-refractivity contribution in [1.82, 2.24) is 5.32 Å². The third kappa shape index (κ3) is 4.58. The number of rotatable bonds is 7. The van der Waals surface area contributed by atoms with Gasteiger partial charge >= 0.3 is 0 Å². The Morgan fingerprint density at radius 3 is 2.57 bits per heavy atom. The fraction of sp³-hybridized carbons (Fsp3) is 0.333. The van der Waals surface area contributed by atoms with E-state index in [0.29, 0.717) is 0 Å². The highest BCUT2D eigenvalue weighted by Gasteiger charge is 2.08. The number of nitrogens with one attached hydrogen (secondary N) is 1. The van der Waals surface area contributed by atoms with Gasteiger partial charge in [0, 0.05) is 16.6 Å². The van der Waals surface area contributed by atoms with Crippen molar-refractivity contribution in [3.05, 3.63) is 58.1 Å². The molecule has 0 bridgehead atoms. The first kappa shape index (κ1) is 16.1. The van der Waals surface area contributed by atoms with E-state index < -0.39 is 0 Å². The van der Waals surface area contributed by atoms with Gasteiger partial charge in [0.15, 0.2) is 0 Å². The summed E-state index contributed by atoms with van der Waals surface area (Å²) in [6.45, 7) is 6.15. The van der Waals surface area contributed by atoms with Crippen LogP contribution in [0.1, 0.15) is 31.4 Å². The first-order chi connectivity index (χ1) is 10.2. The Bertz CT molecular complexity index is 583. The van der Waals surface area contributed by atoms with E-state index >= 15 is 0 Å². The van der Waals surface area contributed by atoms with E-state index in [9.17, 15) is 0 Å². The second kappa shape index (κ2) is 8.20. The molecule has 0 aliphatic rings. The van der Waals surface area contributed by atoms with Crippen LogP contribution in [0.15, 0.2) is 46.9 Å². The summed E-state index contributed by atoms with van der Waals surface area (Å²) >= 11 is 3.53. The first-order valence-corrected chi connectivity index (χ1v) is 8.28. The Labute approximate surface area is 135 Å². The zero-order chi connectivity index (χ0) is 15.1. The smallest absolute Gasteiger partial charge is 0.133 e. The number of para-hydroxylation sites is 1. The third-order valence-corrected chi connectivity index (χ3v) is 3.84. The first-order valence-electron chi connectivity index (χ1n) is 7.49. The predicted molar refractivity (Wildman–Crippen MR) is 92.0 cm³/mol. The van der Waals surface area contributed by atoms with E-state index in [-0.39, 0.29) is 0 Å². The zero-order valence-electron chi connectivity index (χ0n) is 12.7. The second-order valence-corrected chi connectivity index (χ2v) is 5.91. The number of hydrogen-bond acceptors (Lipinski definition) is 2. The molecule has 0 fully saturated rings. The van der Waals surface area contributed by atoms with Gasteiger partial charge < -0.3 is 10.1 Å². The molecule has 0 saturated heterocycles. The van der Waals surface area contributed by atoms with Crippen LogP contribution in [0, 0.1) is 0 Å². The van der Waals surface area contributed by atoms with E-state index in [1.165, 1.54) is 11.1 Å². The molecule has 0 heterocycles. The van der Waals surface area contributed by atoms with Crippen LogP contribution in [-0.4, -0.2) is 6.54 Å². The summed E-state index contributed by atoms with van der Waals surface area (Å²) in [7, 11) is 0. The minimum Gasteiger partial charge on any atom is -0.457 e. The number of hydrogen-bond donors (Lipinski definition) is 1. The third-order valence-electron chi connectivity index (χ3n) is 3.34. The maximum Gasteiger partial charge on any atom is 0.133 e. The molecule has 0 spiro atoms. The van der Waals surface area contributed by atoms with Crippen molar-refractivity contribution < 1.29 is 4.74 Å². The Balaban J connectivity index is 2.23. The van der Waals surface area contributed by atoms with Crippen LogP contribution >= 0.6 is 15.9 Å². The predicted octanol–water partition coefficient (Wildman–Crippen LogP) is 5.30. The Kier molecular flexibility index (Phi) is 6.27. The van der Waals surface area contributed by atoms with Gasteiger partial charge in [0.25, 0.3) is 0 Å². The molecule has 21 heavy (non-hydrogen) atoms. The number of aryl methyl sites for hydroxylation is 1. The lowest BCUT2D eigenvalue weighted by Crippen LogP contribution is -2.14. The molecule has 0 unspecified atom stereocenters. The van der Waals surface area contributed by atoms with Crippen molar-refractivity contribution in [3.63, 3.8) is 0 Å². The SMILES string of the molecule is CCCNCc1ccc(Br)cc1Oc1ccccc1CC. The van der Waals surface area contributed by atoms with Crippen LogP contribution in [0.2, 0.25) is 0 Å². The monoisotopic (exact) mass is 347 g/mol. The summed E-state index contributed by atoms with van der Waals surface area (Å²) in [6, 6.07) is 14.4. The summed E-state index contributed by atoms with van der Waals surface area (Å²) in [6.07, 6.45) is 2.10. The van der Waals surface area contributed by atoms with Crippen LogP contribution < -0.4 is 10.1 Å². The quantitative estimate of drug-likeness (QED) is 0.685. The lowest BCUT2D eigenvalue weighted by molar-refractivity contribution is 0.467. The standard InChI is InChI=1S/C18H22BrNO/c1-3-11-20-13-15-9-10-16(19)12-18(15)21-17-8-6-5-7-14(17)4-2/h5-10,12,20H,3-4,11,13H2,1-2H3. The van der Waals surface area contributed by atoms with Crippen LogP contribution in [0.3, 0.4) is 0 Å². The Hall–Kier alpha value is -1.32. The van der Waals surface area contributed by atoms with E-state index in [4.69, 9.17) is 4.74 Å². The molecular weight excluding hydrogens is 326 g/mol. The minimum atomic E-state index is 0.824. The highest BCUT2D eigenvalue weighted by molar-refractivity contribution is 9.10. The van der Waals surface area contributed by atoms with E-state index in [1.807, 2.05) is 18.2 Å². The highest BCUT2D eigenvalue weighted by atomic mass is 79.9. The van der Waals surface area contributed by atoms with Gasteiger partial charge in [0.1, 0.15) is 11.5 Å². The number of benzene rings is 2. The van der Waals surface area contributed by atoms with Gasteiger partial charge in [0.2, 0.25) is 0 Å². The molecule has 0 aliphatic carbocycles. The maximum absolute atomic E-state index is 6.17. The second-order valence-electron chi connectivity index (χ2n) is 4.99. The average Bonchev–Trinajstić information content (AvgIpc) is 2.50. The fourth-order valence-corrected chi connectivity index (χ4v) is 2.52. The van der Waals surface area contributed by atoms with E-state index in [0.717, 1.165) is 41.9 Å². The van der Waals surface area contributed by atoms with Gasteiger partial charge in [0.05, 0.1) is 0 Å². The van der Waals surface area contributed by atoms with Crippen molar-refractivity contribution >= 4 is 15.9 Å². The van der Waals surface area contributed by atoms with Crippen molar-refractivity contribution in [2.75, 3.05) is 6.54 Å². The number of halogens is 1. The Morgan fingerprint density at radius 2 is 1.81 bits per heavy atom. The zero-order valence-corrected chi connectivity index (χ0v) is 14.2. The van der Waals surface area contributed by atoms with Crippen molar-refractivity contribution in [3.8, 4) is 11.5 Å². The summed E-state index contributed by atoms with van der Waals surface area (Å²) in [5, 5.41) is 3.43. The highest BCUT2D eigenvalue weighted by Crippen LogP contribution is 2.30.